The van der Waals surface area contributed by atoms with Gasteiger partial charge in [0.1, 0.15) is 0 Å². The Kier molecular flexibility index (Phi) is 15.6. The SMILES string of the molecule is COCCCCNCCOCCOCCOC. The lowest BCUT2D eigenvalue weighted by Gasteiger charge is -2.06. The van der Waals surface area contributed by atoms with E-state index in [2.05, 4.69) is 5.32 Å². The highest BCUT2D eigenvalue weighted by molar-refractivity contribution is 4.47. The fraction of sp³-hybridized carbons (Fsp3) is 1.00. The van der Waals surface area contributed by atoms with E-state index in [0.717, 1.165) is 39.1 Å². The molecule has 0 saturated heterocycles. The second-order valence-corrected chi connectivity index (χ2v) is 3.67. The van der Waals surface area contributed by atoms with Crippen LogP contribution in [-0.2, 0) is 18.9 Å². The highest BCUT2D eigenvalue weighted by Crippen LogP contribution is 1.86. The first-order valence-corrected chi connectivity index (χ1v) is 6.26. The van der Waals surface area contributed by atoms with Crippen LogP contribution in [0.1, 0.15) is 12.8 Å². The van der Waals surface area contributed by atoms with Gasteiger partial charge in [0.2, 0.25) is 0 Å². The summed E-state index contributed by atoms with van der Waals surface area (Å²) in [7, 11) is 3.40. The van der Waals surface area contributed by atoms with Crippen LogP contribution in [0.15, 0.2) is 0 Å². The third kappa shape index (κ3) is 15.8. The van der Waals surface area contributed by atoms with Gasteiger partial charge in [0.15, 0.2) is 0 Å². The van der Waals surface area contributed by atoms with Crippen LogP contribution in [0.5, 0.6) is 0 Å². The number of methoxy groups -OCH3 is 2. The monoisotopic (exact) mass is 249 g/mol. The summed E-state index contributed by atoms with van der Waals surface area (Å²) in [4.78, 5) is 0. The molecule has 0 aliphatic heterocycles. The van der Waals surface area contributed by atoms with E-state index in [4.69, 9.17) is 18.9 Å². The summed E-state index contributed by atoms with van der Waals surface area (Å²) >= 11 is 0. The molecule has 0 saturated carbocycles. The Morgan fingerprint density at radius 2 is 1.29 bits per heavy atom. The molecule has 5 heteroatoms. The molecule has 1 N–H and O–H groups in total. The van der Waals surface area contributed by atoms with E-state index in [1.54, 1.807) is 14.2 Å². The van der Waals surface area contributed by atoms with Crippen LogP contribution in [0.3, 0.4) is 0 Å². The highest BCUT2D eigenvalue weighted by Gasteiger charge is 1.91. The molecule has 0 aromatic heterocycles. The molecule has 0 aliphatic rings. The summed E-state index contributed by atoms with van der Waals surface area (Å²) in [5.74, 6) is 0. The zero-order valence-electron chi connectivity index (χ0n) is 11.2. The first kappa shape index (κ1) is 16.8. The molecular formula is C12H27NO4. The Hall–Kier alpha value is -0.200. The molecule has 5 nitrogen and oxygen atoms in total. The zero-order chi connectivity index (χ0) is 12.6. The third-order valence-electron chi connectivity index (χ3n) is 2.18. The molecule has 0 aromatic rings. The van der Waals surface area contributed by atoms with Crippen molar-refractivity contribution in [2.45, 2.75) is 12.8 Å². The maximum Gasteiger partial charge on any atom is 0.0701 e. The van der Waals surface area contributed by atoms with Crippen molar-refractivity contribution in [1.82, 2.24) is 5.32 Å². The lowest BCUT2D eigenvalue weighted by atomic mass is 10.3. The van der Waals surface area contributed by atoms with Gasteiger partial charge < -0.3 is 24.3 Å². The van der Waals surface area contributed by atoms with E-state index in [1.807, 2.05) is 0 Å². The Bertz CT molecular complexity index is 122. The maximum absolute atomic E-state index is 5.39. The van der Waals surface area contributed by atoms with Gasteiger partial charge in [-0.1, -0.05) is 0 Å². The average Bonchev–Trinajstić information content (AvgIpc) is 2.35. The molecule has 0 radical (unpaired) electrons. The van der Waals surface area contributed by atoms with Gasteiger partial charge in [0.05, 0.1) is 33.0 Å². The van der Waals surface area contributed by atoms with Gasteiger partial charge in [-0.15, -0.1) is 0 Å². The van der Waals surface area contributed by atoms with Gasteiger partial charge in [-0.2, -0.15) is 0 Å². The van der Waals surface area contributed by atoms with Crippen molar-refractivity contribution in [3.8, 4) is 0 Å². The molecule has 0 amide bonds. The largest absolute Gasteiger partial charge is 0.385 e. The molecule has 0 unspecified atom stereocenters. The normalized spacial score (nSPS) is 10.9. The minimum absolute atomic E-state index is 0.636. The maximum atomic E-state index is 5.39. The van der Waals surface area contributed by atoms with E-state index in [0.29, 0.717) is 26.4 Å². The molecule has 0 fully saturated rings. The van der Waals surface area contributed by atoms with E-state index in [-0.39, 0.29) is 0 Å². The Morgan fingerprint density at radius 1 is 0.647 bits per heavy atom. The predicted molar refractivity (Wildman–Crippen MR) is 67.5 cm³/mol. The van der Waals surface area contributed by atoms with Crippen molar-refractivity contribution in [3.05, 3.63) is 0 Å². The van der Waals surface area contributed by atoms with Gasteiger partial charge in [0.25, 0.3) is 0 Å². The molecule has 0 heterocycles. The van der Waals surface area contributed by atoms with E-state index in [9.17, 15) is 0 Å². The lowest BCUT2D eigenvalue weighted by Crippen LogP contribution is -2.22. The second kappa shape index (κ2) is 15.8. The number of ether oxygens (including phenoxy) is 4. The van der Waals surface area contributed by atoms with Crippen molar-refractivity contribution in [3.63, 3.8) is 0 Å². The fourth-order valence-corrected chi connectivity index (χ4v) is 1.23. The highest BCUT2D eigenvalue weighted by atomic mass is 16.5. The van der Waals surface area contributed by atoms with Crippen LogP contribution >= 0.6 is 0 Å². The molecule has 0 atom stereocenters. The molecule has 104 valence electrons. The van der Waals surface area contributed by atoms with Crippen LogP contribution in [0.4, 0.5) is 0 Å². The number of nitrogens with one attached hydrogen (secondary N) is 1. The topological polar surface area (TPSA) is 49.0 Å². The van der Waals surface area contributed by atoms with E-state index < -0.39 is 0 Å². The Labute approximate surface area is 105 Å². The number of hydrogen-bond acceptors (Lipinski definition) is 5. The summed E-state index contributed by atoms with van der Waals surface area (Å²) < 4.78 is 20.5. The van der Waals surface area contributed by atoms with Crippen LogP contribution in [0, 0.1) is 0 Å². The summed E-state index contributed by atoms with van der Waals surface area (Å²) in [6.07, 6.45) is 2.26. The van der Waals surface area contributed by atoms with Crippen LogP contribution in [0.25, 0.3) is 0 Å². The van der Waals surface area contributed by atoms with Crippen molar-refractivity contribution in [1.29, 1.82) is 0 Å². The van der Waals surface area contributed by atoms with Crippen LogP contribution < -0.4 is 5.32 Å². The standard InChI is InChI=1S/C12H27NO4/c1-14-7-4-3-5-13-6-8-16-11-12-17-10-9-15-2/h13H,3-12H2,1-2H3. The lowest BCUT2D eigenvalue weighted by molar-refractivity contribution is 0.0256. The number of unbranched alkanes of at least 4 members (excludes halogenated alkanes) is 1. The van der Waals surface area contributed by atoms with Gasteiger partial charge in [0, 0.05) is 27.4 Å². The fourth-order valence-electron chi connectivity index (χ4n) is 1.23. The number of rotatable bonds is 14. The van der Waals surface area contributed by atoms with Crippen molar-refractivity contribution in [2.24, 2.45) is 0 Å². The predicted octanol–water partition coefficient (Wildman–Crippen LogP) is 0.682. The van der Waals surface area contributed by atoms with Crippen molar-refractivity contribution < 1.29 is 18.9 Å². The third-order valence-corrected chi connectivity index (χ3v) is 2.18. The molecule has 0 aliphatic carbocycles. The first-order valence-electron chi connectivity index (χ1n) is 6.26. The minimum atomic E-state index is 0.636. The second-order valence-electron chi connectivity index (χ2n) is 3.67. The summed E-state index contributed by atoms with van der Waals surface area (Å²) in [6.45, 7) is 6.06. The minimum Gasteiger partial charge on any atom is -0.385 e. The molecule has 0 bridgehead atoms. The molecule has 0 aromatic carbocycles. The van der Waals surface area contributed by atoms with Crippen molar-refractivity contribution in [2.75, 3.05) is 67.0 Å². The summed E-state index contributed by atoms with van der Waals surface area (Å²) in [5.41, 5.74) is 0. The first-order chi connectivity index (χ1) is 8.41. The van der Waals surface area contributed by atoms with Crippen LogP contribution in [0.2, 0.25) is 0 Å². The molecule has 0 spiro atoms. The number of hydrogen-bond donors (Lipinski definition) is 1. The quantitative estimate of drug-likeness (QED) is 0.459. The summed E-state index contributed by atoms with van der Waals surface area (Å²) in [5, 5.41) is 3.31. The average molecular weight is 249 g/mol. The van der Waals surface area contributed by atoms with Crippen LogP contribution in [-0.4, -0.2) is 67.0 Å². The van der Waals surface area contributed by atoms with Gasteiger partial charge in [-0.3, -0.25) is 0 Å². The summed E-state index contributed by atoms with van der Waals surface area (Å²) in [6, 6.07) is 0. The smallest absolute Gasteiger partial charge is 0.0701 e. The molecule has 0 rings (SSSR count). The van der Waals surface area contributed by atoms with Gasteiger partial charge in [-0.25, -0.2) is 0 Å². The van der Waals surface area contributed by atoms with E-state index >= 15 is 0 Å². The molecular weight excluding hydrogens is 222 g/mol. The Morgan fingerprint density at radius 3 is 2.00 bits per heavy atom. The van der Waals surface area contributed by atoms with E-state index in [1.165, 1.54) is 0 Å². The van der Waals surface area contributed by atoms with Crippen molar-refractivity contribution >= 4 is 0 Å². The van der Waals surface area contributed by atoms with Gasteiger partial charge >= 0.3 is 0 Å². The van der Waals surface area contributed by atoms with Gasteiger partial charge in [-0.05, 0) is 19.4 Å². The zero-order valence-corrected chi connectivity index (χ0v) is 11.2. The molecule has 17 heavy (non-hydrogen) atoms. The Balaban J connectivity index is 2.85.